The number of halogens is 1. The van der Waals surface area contributed by atoms with Crippen LogP contribution >= 0.6 is 11.6 Å². The van der Waals surface area contributed by atoms with Crippen molar-refractivity contribution in [2.75, 3.05) is 32.1 Å². The van der Waals surface area contributed by atoms with E-state index in [0.29, 0.717) is 40.7 Å². The molecular weight excluding hydrogens is 482 g/mol. The molecule has 9 nitrogen and oxygen atoms in total. The molecule has 1 aromatic carbocycles. The van der Waals surface area contributed by atoms with Crippen LogP contribution in [0, 0.1) is 19.8 Å². The van der Waals surface area contributed by atoms with Crippen LogP contribution in [0.25, 0.3) is 0 Å². The molecule has 0 saturated carbocycles. The van der Waals surface area contributed by atoms with E-state index in [4.69, 9.17) is 21.1 Å². The van der Waals surface area contributed by atoms with Crippen molar-refractivity contribution in [3.05, 3.63) is 40.2 Å². The Balaban J connectivity index is 1.78. The number of hydrogen-bond acceptors (Lipinski definition) is 6. The SMILES string of the molecule is CCOC(=O)c1c(S(=O)(=O)N2CCC(C(=O)Nc3cc(Cl)ccc3OC)CC2)c(C)n(C)c1C. The molecule has 11 heteroatoms. The van der Waals surface area contributed by atoms with Gasteiger partial charge in [0.1, 0.15) is 16.2 Å². The van der Waals surface area contributed by atoms with E-state index in [0.717, 1.165) is 0 Å². The zero-order valence-electron chi connectivity index (χ0n) is 20.0. The monoisotopic (exact) mass is 511 g/mol. The van der Waals surface area contributed by atoms with Crippen LogP contribution in [0.3, 0.4) is 0 Å². The summed E-state index contributed by atoms with van der Waals surface area (Å²) in [4.78, 5) is 25.4. The minimum absolute atomic E-state index is 0.0301. The van der Waals surface area contributed by atoms with Gasteiger partial charge in [0.2, 0.25) is 15.9 Å². The molecule has 1 saturated heterocycles. The molecule has 0 unspecified atom stereocenters. The Morgan fingerprint density at radius 1 is 1.18 bits per heavy atom. The topological polar surface area (TPSA) is 107 Å². The van der Waals surface area contributed by atoms with Crippen molar-refractivity contribution in [3.8, 4) is 5.75 Å². The predicted molar refractivity (Wildman–Crippen MR) is 129 cm³/mol. The third kappa shape index (κ3) is 4.94. The fourth-order valence-electron chi connectivity index (χ4n) is 4.18. The van der Waals surface area contributed by atoms with Gasteiger partial charge in [0.05, 0.1) is 19.4 Å². The average molecular weight is 512 g/mol. The Hall–Kier alpha value is -2.56. The van der Waals surface area contributed by atoms with Gasteiger partial charge >= 0.3 is 5.97 Å². The molecule has 186 valence electrons. The number of methoxy groups -OCH3 is 1. The van der Waals surface area contributed by atoms with Gasteiger partial charge in [0, 0.05) is 42.5 Å². The molecular formula is C23H30ClN3O6S. The lowest BCUT2D eigenvalue weighted by molar-refractivity contribution is -0.120. The number of nitrogens with one attached hydrogen (secondary N) is 1. The highest BCUT2D eigenvalue weighted by Crippen LogP contribution is 2.33. The molecule has 0 spiro atoms. The number of carbonyl (C=O) groups is 2. The maximum absolute atomic E-state index is 13.6. The summed E-state index contributed by atoms with van der Waals surface area (Å²) in [7, 11) is -0.755. The number of sulfonamides is 1. The maximum atomic E-state index is 13.6. The smallest absolute Gasteiger partial charge is 0.341 e. The number of benzene rings is 1. The standard InChI is InChI=1S/C23H30ClN3O6S/c1-6-33-23(29)20-14(2)26(4)15(3)21(20)34(30,31)27-11-9-16(10-12-27)22(28)25-18-13-17(24)7-8-19(18)32-5/h7-8,13,16H,6,9-12H2,1-5H3,(H,25,28). The lowest BCUT2D eigenvalue weighted by Crippen LogP contribution is -2.42. The highest BCUT2D eigenvalue weighted by Gasteiger charge is 2.38. The normalized spacial score (nSPS) is 15.2. The zero-order valence-corrected chi connectivity index (χ0v) is 21.5. The number of anilines is 1. The summed E-state index contributed by atoms with van der Waals surface area (Å²) < 4.78 is 40.5. The van der Waals surface area contributed by atoms with E-state index in [2.05, 4.69) is 5.32 Å². The Morgan fingerprint density at radius 2 is 1.82 bits per heavy atom. The number of piperidine rings is 1. The molecule has 3 rings (SSSR count). The van der Waals surface area contributed by atoms with Crippen LogP contribution in [0.2, 0.25) is 5.02 Å². The average Bonchev–Trinajstić information content (AvgIpc) is 3.04. The van der Waals surface area contributed by atoms with Gasteiger partial charge in [-0.15, -0.1) is 0 Å². The molecule has 0 aliphatic carbocycles. The van der Waals surface area contributed by atoms with Crippen LogP contribution < -0.4 is 10.1 Å². The van der Waals surface area contributed by atoms with Crippen LogP contribution in [0.5, 0.6) is 5.75 Å². The third-order valence-electron chi connectivity index (χ3n) is 6.25. The van der Waals surface area contributed by atoms with Gasteiger partial charge in [-0.1, -0.05) is 11.6 Å². The van der Waals surface area contributed by atoms with Gasteiger partial charge in [0.15, 0.2) is 0 Å². The fourth-order valence-corrected chi connectivity index (χ4v) is 6.30. The number of carbonyl (C=O) groups excluding carboxylic acids is 2. The van der Waals surface area contributed by atoms with E-state index in [-0.39, 0.29) is 42.0 Å². The van der Waals surface area contributed by atoms with Gasteiger partial charge in [-0.05, 0) is 51.8 Å². The minimum Gasteiger partial charge on any atom is -0.495 e. The first kappa shape index (κ1) is 26.1. The van der Waals surface area contributed by atoms with Gasteiger partial charge in [-0.3, -0.25) is 4.79 Å². The first-order chi connectivity index (χ1) is 16.0. The number of rotatable bonds is 7. The molecule has 2 aromatic rings. The molecule has 1 aromatic heterocycles. The molecule has 0 bridgehead atoms. The third-order valence-corrected chi connectivity index (χ3v) is 8.54. The first-order valence-electron chi connectivity index (χ1n) is 11.0. The highest BCUT2D eigenvalue weighted by molar-refractivity contribution is 7.89. The molecule has 1 fully saturated rings. The molecule has 2 heterocycles. The van der Waals surface area contributed by atoms with E-state index in [1.165, 1.54) is 11.4 Å². The number of esters is 1. The van der Waals surface area contributed by atoms with Crippen LogP contribution in [0.4, 0.5) is 5.69 Å². The van der Waals surface area contributed by atoms with Crippen LogP contribution in [-0.2, 0) is 26.6 Å². The number of nitrogens with zero attached hydrogens (tertiary/aromatic N) is 2. The molecule has 1 aliphatic rings. The Morgan fingerprint density at radius 3 is 2.41 bits per heavy atom. The molecule has 0 radical (unpaired) electrons. The molecule has 1 N–H and O–H groups in total. The number of aromatic nitrogens is 1. The number of hydrogen-bond donors (Lipinski definition) is 1. The van der Waals surface area contributed by atoms with E-state index in [1.54, 1.807) is 50.6 Å². The summed E-state index contributed by atoms with van der Waals surface area (Å²) in [6, 6.07) is 4.94. The van der Waals surface area contributed by atoms with Gasteiger partial charge in [-0.2, -0.15) is 4.31 Å². The largest absolute Gasteiger partial charge is 0.495 e. The summed E-state index contributed by atoms with van der Waals surface area (Å²) in [5, 5.41) is 3.30. The summed E-state index contributed by atoms with van der Waals surface area (Å²) in [6.45, 7) is 5.49. The lowest BCUT2D eigenvalue weighted by Gasteiger charge is -2.31. The number of ether oxygens (including phenoxy) is 2. The van der Waals surface area contributed by atoms with E-state index in [1.807, 2.05) is 0 Å². The summed E-state index contributed by atoms with van der Waals surface area (Å²) in [5.41, 5.74) is 1.52. The van der Waals surface area contributed by atoms with Gasteiger partial charge < -0.3 is 19.4 Å². The Bertz CT molecular complexity index is 1200. The van der Waals surface area contributed by atoms with Crippen LogP contribution in [0.1, 0.15) is 41.5 Å². The molecule has 0 atom stereocenters. The predicted octanol–water partition coefficient (Wildman–Crippen LogP) is 3.52. The van der Waals surface area contributed by atoms with E-state index < -0.39 is 16.0 Å². The Kier molecular flexibility index (Phi) is 7.95. The van der Waals surface area contributed by atoms with Crippen molar-refractivity contribution >= 4 is 39.2 Å². The second kappa shape index (κ2) is 10.4. The zero-order chi connectivity index (χ0) is 25.2. The van der Waals surface area contributed by atoms with Gasteiger partial charge in [0.25, 0.3) is 0 Å². The molecule has 1 aliphatic heterocycles. The first-order valence-corrected chi connectivity index (χ1v) is 12.8. The van der Waals surface area contributed by atoms with Gasteiger partial charge in [-0.25, -0.2) is 13.2 Å². The lowest BCUT2D eigenvalue weighted by atomic mass is 9.97. The van der Waals surface area contributed by atoms with Crippen molar-refractivity contribution in [1.82, 2.24) is 8.87 Å². The van der Waals surface area contributed by atoms with Crippen LogP contribution in [-0.4, -0.2) is 56.0 Å². The van der Waals surface area contributed by atoms with E-state index in [9.17, 15) is 18.0 Å². The quantitative estimate of drug-likeness (QED) is 0.570. The second-order valence-corrected chi connectivity index (χ2v) is 10.5. The second-order valence-electron chi connectivity index (χ2n) is 8.17. The van der Waals surface area contributed by atoms with Crippen LogP contribution in [0.15, 0.2) is 23.1 Å². The number of amides is 1. The van der Waals surface area contributed by atoms with Crippen molar-refractivity contribution in [3.63, 3.8) is 0 Å². The highest BCUT2D eigenvalue weighted by atomic mass is 35.5. The summed E-state index contributed by atoms with van der Waals surface area (Å²) >= 11 is 6.04. The molecule has 34 heavy (non-hydrogen) atoms. The van der Waals surface area contributed by atoms with Crippen molar-refractivity contribution < 1.29 is 27.5 Å². The Labute approximate surface area is 205 Å². The van der Waals surface area contributed by atoms with Crippen molar-refractivity contribution in [1.29, 1.82) is 0 Å². The maximum Gasteiger partial charge on any atom is 0.341 e. The van der Waals surface area contributed by atoms with E-state index >= 15 is 0 Å². The molecule has 1 amide bonds. The van der Waals surface area contributed by atoms with Crippen molar-refractivity contribution in [2.45, 2.75) is 38.5 Å². The fraction of sp³-hybridized carbons (Fsp3) is 0.478. The summed E-state index contributed by atoms with van der Waals surface area (Å²) in [5.74, 6) is -0.777. The van der Waals surface area contributed by atoms with Crippen molar-refractivity contribution in [2.24, 2.45) is 13.0 Å². The summed E-state index contributed by atoms with van der Waals surface area (Å²) in [6.07, 6.45) is 0.682. The minimum atomic E-state index is -3.97.